The van der Waals surface area contributed by atoms with Crippen molar-refractivity contribution >= 4 is 17.8 Å². The van der Waals surface area contributed by atoms with Gasteiger partial charge in [0.25, 0.3) is 0 Å². The summed E-state index contributed by atoms with van der Waals surface area (Å²) in [4.78, 5) is 38.6. The van der Waals surface area contributed by atoms with Crippen LogP contribution in [0, 0.1) is 17.8 Å². The van der Waals surface area contributed by atoms with Crippen molar-refractivity contribution in [2.24, 2.45) is 23.5 Å². The molecule has 0 aromatic heterocycles. The number of fused-ring (bicyclic) bond motifs is 1. The van der Waals surface area contributed by atoms with Crippen LogP contribution in [0.5, 0.6) is 0 Å². The number of aliphatic hydroxyl groups excluding tert-OH is 1. The monoisotopic (exact) mass is 337 g/mol. The normalized spacial score (nSPS) is 34.3. The van der Waals surface area contributed by atoms with Crippen molar-refractivity contribution in [3.05, 3.63) is 11.3 Å². The first kappa shape index (κ1) is 16.9. The van der Waals surface area contributed by atoms with E-state index >= 15 is 0 Å². The van der Waals surface area contributed by atoms with Crippen LogP contribution in [0.1, 0.15) is 20.3 Å². The average molecular weight is 337 g/mol. The molecule has 0 radical (unpaired) electrons. The van der Waals surface area contributed by atoms with E-state index in [0.29, 0.717) is 31.6 Å². The van der Waals surface area contributed by atoms with E-state index in [-0.39, 0.29) is 35.4 Å². The van der Waals surface area contributed by atoms with Gasteiger partial charge >= 0.3 is 5.97 Å². The average Bonchev–Trinajstić information content (AvgIpc) is 3.03. The maximum Gasteiger partial charge on any atom is 0.352 e. The van der Waals surface area contributed by atoms with Crippen LogP contribution >= 0.6 is 0 Å². The first-order chi connectivity index (χ1) is 11.2. The predicted octanol–water partition coefficient (Wildman–Crippen LogP) is -1.01. The van der Waals surface area contributed by atoms with Crippen molar-refractivity contribution in [3.63, 3.8) is 0 Å². The number of rotatable bonds is 5. The van der Waals surface area contributed by atoms with E-state index in [1.807, 2.05) is 11.8 Å². The SMILES string of the molecule is C[C@@H](O)C1C(=O)N2C(C(=O)O)=C(CN3CC[C@@H](C(N)=O)C3)[C@H](C)[C@H]12. The van der Waals surface area contributed by atoms with E-state index < -0.39 is 18.0 Å². The first-order valence-electron chi connectivity index (χ1n) is 8.23. The maximum atomic E-state index is 12.3. The molecule has 0 bridgehead atoms. The van der Waals surface area contributed by atoms with Gasteiger partial charge in [-0.1, -0.05) is 6.92 Å². The third kappa shape index (κ3) is 2.41. The van der Waals surface area contributed by atoms with Gasteiger partial charge in [0.15, 0.2) is 0 Å². The molecule has 5 atom stereocenters. The summed E-state index contributed by atoms with van der Waals surface area (Å²) in [5, 5.41) is 19.4. The molecule has 8 heteroatoms. The lowest BCUT2D eigenvalue weighted by Gasteiger charge is -2.46. The number of likely N-dealkylation sites (tertiary alicyclic amines) is 1. The molecule has 1 unspecified atom stereocenters. The summed E-state index contributed by atoms with van der Waals surface area (Å²) in [6.07, 6.45) is -0.136. The highest BCUT2D eigenvalue weighted by molar-refractivity contribution is 6.00. The van der Waals surface area contributed by atoms with E-state index in [1.54, 1.807) is 6.92 Å². The van der Waals surface area contributed by atoms with Gasteiger partial charge in [-0.15, -0.1) is 0 Å². The van der Waals surface area contributed by atoms with Gasteiger partial charge in [0, 0.05) is 19.0 Å². The van der Waals surface area contributed by atoms with E-state index in [2.05, 4.69) is 0 Å². The van der Waals surface area contributed by atoms with Crippen molar-refractivity contribution in [2.75, 3.05) is 19.6 Å². The molecule has 24 heavy (non-hydrogen) atoms. The summed E-state index contributed by atoms with van der Waals surface area (Å²) in [5.41, 5.74) is 6.07. The molecule has 4 N–H and O–H groups in total. The van der Waals surface area contributed by atoms with Crippen LogP contribution in [0.3, 0.4) is 0 Å². The van der Waals surface area contributed by atoms with Crippen molar-refractivity contribution in [2.45, 2.75) is 32.4 Å². The lowest BCUT2D eigenvalue weighted by Crippen LogP contribution is -2.63. The molecule has 2 amide bonds. The van der Waals surface area contributed by atoms with Gasteiger partial charge in [-0.25, -0.2) is 4.79 Å². The highest BCUT2D eigenvalue weighted by Crippen LogP contribution is 2.47. The highest BCUT2D eigenvalue weighted by atomic mass is 16.4. The number of nitrogens with zero attached hydrogens (tertiary/aromatic N) is 2. The summed E-state index contributed by atoms with van der Waals surface area (Å²) in [6, 6.07) is -0.298. The van der Waals surface area contributed by atoms with Gasteiger partial charge in [-0.2, -0.15) is 0 Å². The smallest absolute Gasteiger partial charge is 0.352 e. The molecule has 3 rings (SSSR count). The van der Waals surface area contributed by atoms with Crippen LogP contribution in [0.2, 0.25) is 0 Å². The Balaban J connectivity index is 1.83. The van der Waals surface area contributed by atoms with Crippen molar-refractivity contribution < 1.29 is 24.6 Å². The Morgan fingerprint density at radius 1 is 1.42 bits per heavy atom. The van der Waals surface area contributed by atoms with Gasteiger partial charge in [-0.3, -0.25) is 14.5 Å². The lowest BCUT2D eigenvalue weighted by atomic mass is 9.77. The minimum Gasteiger partial charge on any atom is -0.477 e. The predicted molar refractivity (Wildman–Crippen MR) is 83.4 cm³/mol. The van der Waals surface area contributed by atoms with Gasteiger partial charge in [0.1, 0.15) is 5.70 Å². The molecule has 3 aliphatic rings. The number of β-lactam (4-membered cyclic amide) rings is 1. The fourth-order valence-corrected chi connectivity index (χ4v) is 4.30. The zero-order chi connectivity index (χ0) is 17.8. The number of aliphatic carboxylic acids is 1. The quantitative estimate of drug-likeness (QED) is 0.552. The zero-order valence-corrected chi connectivity index (χ0v) is 13.8. The third-order valence-electron chi connectivity index (χ3n) is 5.59. The summed E-state index contributed by atoms with van der Waals surface area (Å²) < 4.78 is 0. The molecule has 0 saturated carbocycles. The zero-order valence-electron chi connectivity index (χ0n) is 13.8. The fourth-order valence-electron chi connectivity index (χ4n) is 4.30. The Morgan fingerprint density at radius 2 is 2.08 bits per heavy atom. The van der Waals surface area contributed by atoms with E-state index in [0.717, 1.165) is 0 Å². The molecule has 0 spiro atoms. The Hall–Kier alpha value is -1.93. The molecule has 2 saturated heterocycles. The number of carbonyl (C=O) groups is 3. The van der Waals surface area contributed by atoms with E-state index in [1.165, 1.54) is 4.90 Å². The second kappa shape index (κ2) is 5.86. The molecule has 3 aliphatic heterocycles. The molecule has 8 nitrogen and oxygen atoms in total. The summed E-state index contributed by atoms with van der Waals surface area (Å²) in [7, 11) is 0. The van der Waals surface area contributed by atoms with Crippen LogP contribution in [0.25, 0.3) is 0 Å². The molecule has 132 valence electrons. The second-order valence-corrected chi connectivity index (χ2v) is 7.06. The molecular formula is C16H23N3O5. The minimum atomic E-state index is -1.12. The number of carbonyl (C=O) groups excluding carboxylic acids is 2. The summed E-state index contributed by atoms with van der Waals surface area (Å²) >= 11 is 0. The number of primary amides is 1. The van der Waals surface area contributed by atoms with Crippen LogP contribution in [-0.2, 0) is 14.4 Å². The molecule has 0 aromatic rings. The van der Waals surface area contributed by atoms with Crippen LogP contribution in [0.15, 0.2) is 11.3 Å². The molecular weight excluding hydrogens is 314 g/mol. The van der Waals surface area contributed by atoms with Gasteiger partial charge in [0.2, 0.25) is 11.8 Å². The van der Waals surface area contributed by atoms with Gasteiger partial charge < -0.3 is 20.8 Å². The Kier molecular flexibility index (Phi) is 4.13. The summed E-state index contributed by atoms with van der Waals surface area (Å²) in [6.45, 7) is 5.04. The van der Waals surface area contributed by atoms with E-state index in [4.69, 9.17) is 5.73 Å². The topological polar surface area (TPSA) is 124 Å². The Morgan fingerprint density at radius 3 is 2.58 bits per heavy atom. The number of nitrogens with two attached hydrogens (primary N) is 1. The van der Waals surface area contributed by atoms with Crippen molar-refractivity contribution in [3.8, 4) is 0 Å². The number of amides is 2. The third-order valence-corrected chi connectivity index (χ3v) is 5.59. The second-order valence-electron chi connectivity index (χ2n) is 7.06. The molecule has 2 fully saturated rings. The first-order valence-corrected chi connectivity index (χ1v) is 8.23. The minimum absolute atomic E-state index is 0.0388. The van der Waals surface area contributed by atoms with Crippen molar-refractivity contribution in [1.29, 1.82) is 0 Å². The molecule has 0 aromatic carbocycles. The van der Waals surface area contributed by atoms with E-state index in [9.17, 15) is 24.6 Å². The van der Waals surface area contributed by atoms with Crippen LogP contribution in [0.4, 0.5) is 0 Å². The molecule has 3 heterocycles. The number of hydrogen-bond donors (Lipinski definition) is 3. The summed E-state index contributed by atoms with van der Waals surface area (Å²) in [5.74, 6) is -2.69. The van der Waals surface area contributed by atoms with Crippen LogP contribution in [-0.4, -0.2) is 69.6 Å². The van der Waals surface area contributed by atoms with Gasteiger partial charge in [0.05, 0.1) is 24.0 Å². The Bertz CT molecular complexity index is 629. The van der Waals surface area contributed by atoms with Gasteiger partial charge in [-0.05, 0) is 25.5 Å². The van der Waals surface area contributed by atoms with Crippen molar-refractivity contribution in [1.82, 2.24) is 9.80 Å². The number of aliphatic hydroxyl groups is 1. The van der Waals surface area contributed by atoms with Crippen LogP contribution < -0.4 is 5.73 Å². The lowest BCUT2D eigenvalue weighted by molar-refractivity contribution is -0.163. The number of carboxylic acids is 1. The fraction of sp³-hybridized carbons (Fsp3) is 0.688. The standard InChI is InChI=1S/C16H23N3O5/c1-7-10(6-18-4-3-9(5-18)14(17)21)13(16(23)24)19-12(7)11(8(2)20)15(19)22/h7-9,11-12,20H,3-6H2,1-2H3,(H2,17,21)(H,23,24)/t7-,8+,9+,11?,12+/m0/s1. The number of carboxylic acid groups (broad SMARTS) is 1. The molecule has 0 aliphatic carbocycles. The maximum absolute atomic E-state index is 12.3. The number of hydrogen-bond acceptors (Lipinski definition) is 5. The Labute approximate surface area is 139 Å². The highest BCUT2D eigenvalue weighted by Gasteiger charge is 2.59. The largest absolute Gasteiger partial charge is 0.477 e.